The van der Waals surface area contributed by atoms with Gasteiger partial charge in [0.25, 0.3) is 0 Å². The molecule has 2 aromatic rings. The predicted octanol–water partition coefficient (Wildman–Crippen LogP) is 3.37. The first-order valence-corrected chi connectivity index (χ1v) is 7.16. The summed E-state index contributed by atoms with van der Waals surface area (Å²) in [5.74, 6) is -0.422. The molecule has 2 rings (SSSR count). The molecule has 18 heavy (non-hydrogen) atoms. The molecular weight excluding hydrogens is 292 g/mol. The van der Waals surface area contributed by atoms with Crippen molar-refractivity contribution in [3.05, 3.63) is 39.3 Å². The SMILES string of the molecule is Nc1ccc(SCc2csc(C(=O)O)n2)c(Cl)c1. The molecule has 0 spiro atoms. The van der Waals surface area contributed by atoms with Crippen molar-refractivity contribution in [1.29, 1.82) is 0 Å². The summed E-state index contributed by atoms with van der Waals surface area (Å²) in [7, 11) is 0. The van der Waals surface area contributed by atoms with Crippen LogP contribution in [0.1, 0.15) is 15.5 Å². The maximum absolute atomic E-state index is 10.7. The number of nitrogens with zero attached hydrogens (tertiary/aromatic N) is 1. The number of hydrogen-bond donors (Lipinski definition) is 2. The van der Waals surface area contributed by atoms with Crippen LogP contribution in [0.15, 0.2) is 28.5 Å². The molecule has 0 fully saturated rings. The lowest BCUT2D eigenvalue weighted by Crippen LogP contribution is -1.95. The van der Waals surface area contributed by atoms with Gasteiger partial charge in [-0.25, -0.2) is 9.78 Å². The first-order valence-electron chi connectivity index (χ1n) is 4.92. The van der Waals surface area contributed by atoms with Gasteiger partial charge in [-0.05, 0) is 18.2 Å². The van der Waals surface area contributed by atoms with E-state index < -0.39 is 5.97 Å². The van der Waals surface area contributed by atoms with Crippen LogP contribution < -0.4 is 5.73 Å². The Bertz CT molecular complexity index is 586. The summed E-state index contributed by atoms with van der Waals surface area (Å²) >= 11 is 8.66. The minimum absolute atomic E-state index is 0.106. The quantitative estimate of drug-likeness (QED) is 0.669. The topological polar surface area (TPSA) is 76.2 Å². The fourth-order valence-corrected chi connectivity index (χ4v) is 3.18. The van der Waals surface area contributed by atoms with Gasteiger partial charge in [0, 0.05) is 21.7 Å². The van der Waals surface area contributed by atoms with E-state index in [1.807, 2.05) is 6.07 Å². The van der Waals surface area contributed by atoms with Crippen LogP contribution in [0.4, 0.5) is 5.69 Å². The van der Waals surface area contributed by atoms with E-state index in [4.69, 9.17) is 22.4 Å². The number of carboxylic acids is 1. The second-order valence-electron chi connectivity index (χ2n) is 3.43. The number of thiazole rings is 1. The summed E-state index contributed by atoms with van der Waals surface area (Å²) in [5.41, 5.74) is 6.95. The highest BCUT2D eigenvalue weighted by atomic mass is 35.5. The van der Waals surface area contributed by atoms with Gasteiger partial charge in [0.1, 0.15) is 0 Å². The molecule has 0 saturated carbocycles. The lowest BCUT2D eigenvalue weighted by atomic mass is 10.3. The summed E-state index contributed by atoms with van der Waals surface area (Å²) in [4.78, 5) is 15.6. The molecule has 0 unspecified atom stereocenters. The molecule has 3 N–H and O–H groups in total. The van der Waals surface area contributed by atoms with Gasteiger partial charge in [-0.1, -0.05) is 11.6 Å². The highest BCUT2D eigenvalue weighted by Gasteiger charge is 2.09. The molecule has 0 aliphatic heterocycles. The van der Waals surface area contributed by atoms with Gasteiger partial charge >= 0.3 is 5.97 Å². The first-order chi connectivity index (χ1) is 8.56. The molecule has 0 saturated heterocycles. The number of halogens is 1. The zero-order valence-electron chi connectivity index (χ0n) is 9.09. The third-order valence-corrected chi connectivity index (χ3v) is 4.48. The van der Waals surface area contributed by atoms with Crippen LogP contribution in [-0.4, -0.2) is 16.1 Å². The number of carboxylic acid groups (broad SMARTS) is 1. The van der Waals surface area contributed by atoms with E-state index in [1.54, 1.807) is 17.5 Å². The van der Waals surface area contributed by atoms with Crippen molar-refractivity contribution in [2.45, 2.75) is 10.6 Å². The maximum atomic E-state index is 10.7. The highest BCUT2D eigenvalue weighted by molar-refractivity contribution is 7.98. The minimum Gasteiger partial charge on any atom is -0.476 e. The van der Waals surface area contributed by atoms with E-state index in [-0.39, 0.29) is 5.01 Å². The summed E-state index contributed by atoms with van der Waals surface area (Å²) in [6, 6.07) is 5.30. The molecule has 4 nitrogen and oxygen atoms in total. The van der Waals surface area contributed by atoms with Gasteiger partial charge in [-0.3, -0.25) is 0 Å². The minimum atomic E-state index is -0.998. The van der Waals surface area contributed by atoms with Crippen molar-refractivity contribution >= 4 is 46.4 Å². The van der Waals surface area contributed by atoms with Gasteiger partial charge in [-0.2, -0.15) is 0 Å². The normalized spacial score (nSPS) is 10.5. The Balaban J connectivity index is 2.04. The Morgan fingerprint density at radius 2 is 2.33 bits per heavy atom. The number of aromatic nitrogens is 1. The lowest BCUT2D eigenvalue weighted by Gasteiger charge is -2.03. The average Bonchev–Trinajstić information content (AvgIpc) is 2.76. The van der Waals surface area contributed by atoms with Gasteiger partial charge < -0.3 is 10.8 Å². The standard InChI is InChI=1S/C11H9ClN2O2S2/c12-8-3-6(13)1-2-9(8)17-4-7-5-18-10(14-7)11(15)16/h1-3,5H,4,13H2,(H,15,16). The molecule has 1 heterocycles. The molecule has 0 aliphatic rings. The van der Waals surface area contributed by atoms with Crippen LogP contribution >= 0.6 is 34.7 Å². The number of anilines is 1. The van der Waals surface area contributed by atoms with Crippen molar-refractivity contribution < 1.29 is 9.90 Å². The van der Waals surface area contributed by atoms with Crippen molar-refractivity contribution in [3.8, 4) is 0 Å². The van der Waals surface area contributed by atoms with Crippen LogP contribution in [0, 0.1) is 0 Å². The third kappa shape index (κ3) is 3.16. The second kappa shape index (κ2) is 5.60. The Kier molecular flexibility index (Phi) is 4.11. The zero-order chi connectivity index (χ0) is 13.1. The Labute approximate surface area is 117 Å². The van der Waals surface area contributed by atoms with E-state index in [0.29, 0.717) is 16.5 Å². The summed E-state index contributed by atoms with van der Waals surface area (Å²) < 4.78 is 0. The van der Waals surface area contributed by atoms with Crippen molar-refractivity contribution in [3.63, 3.8) is 0 Å². The van der Waals surface area contributed by atoms with E-state index in [0.717, 1.165) is 21.9 Å². The van der Waals surface area contributed by atoms with E-state index >= 15 is 0 Å². The smallest absolute Gasteiger partial charge is 0.365 e. The zero-order valence-corrected chi connectivity index (χ0v) is 11.5. The van der Waals surface area contributed by atoms with Gasteiger partial charge in [0.2, 0.25) is 5.01 Å². The number of nitrogen functional groups attached to an aromatic ring is 1. The first kappa shape index (κ1) is 13.2. The van der Waals surface area contributed by atoms with Crippen LogP contribution in [0.2, 0.25) is 5.02 Å². The molecule has 0 aliphatic carbocycles. The van der Waals surface area contributed by atoms with Gasteiger partial charge in [0.15, 0.2) is 0 Å². The fourth-order valence-electron chi connectivity index (χ4n) is 1.26. The molecule has 0 amide bonds. The molecule has 7 heteroatoms. The van der Waals surface area contributed by atoms with Crippen LogP contribution in [-0.2, 0) is 5.75 Å². The molecule has 0 radical (unpaired) electrons. The number of rotatable bonds is 4. The average molecular weight is 301 g/mol. The molecule has 94 valence electrons. The maximum Gasteiger partial charge on any atom is 0.365 e. The molecule has 1 aromatic carbocycles. The second-order valence-corrected chi connectivity index (χ2v) is 5.71. The Hall–Kier alpha value is -1.24. The van der Waals surface area contributed by atoms with Crippen molar-refractivity contribution in [1.82, 2.24) is 4.98 Å². The van der Waals surface area contributed by atoms with E-state index in [1.165, 1.54) is 11.8 Å². The molecular formula is C11H9ClN2O2S2. The van der Waals surface area contributed by atoms with E-state index in [2.05, 4.69) is 4.98 Å². The summed E-state index contributed by atoms with van der Waals surface area (Å²) in [6.45, 7) is 0. The Morgan fingerprint density at radius 1 is 1.56 bits per heavy atom. The Morgan fingerprint density at radius 3 is 2.94 bits per heavy atom. The number of thioether (sulfide) groups is 1. The third-order valence-electron chi connectivity index (χ3n) is 2.07. The number of nitrogens with two attached hydrogens (primary N) is 1. The number of aromatic carboxylic acids is 1. The molecule has 1 aromatic heterocycles. The number of benzene rings is 1. The van der Waals surface area contributed by atoms with Crippen LogP contribution in [0.5, 0.6) is 0 Å². The monoisotopic (exact) mass is 300 g/mol. The van der Waals surface area contributed by atoms with Gasteiger partial charge in [-0.15, -0.1) is 23.1 Å². The lowest BCUT2D eigenvalue weighted by molar-refractivity contribution is 0.0696. The molecule has 0 atom stereocenters. The van der Waals surface area contributed by atoms with Crippen molar-refractivity contribution in [2.75, 3.05) is 5.73 Å². The number of carbonyl (C=O) groups is 1. The van der Waals surface area contributed by atoms with Crippen LogP contribution in [0.25, 0.3) is 0 Å². The fraction of sp³-hybridized carbons (Fsp3) is 0.0909. The van der Waals surface area contributed by atoms with Gasteiger partial charge in [0.05, 0.1) is 10.7 Å². The van der Waals surface area contributed by atoms with E-state index in [9.17, 15) is 4.79 Å². The predicted molar refractivity (Wildman–Crippen MR) is 74.5 cm³/mol. The highest BCUT2D eigenvalue weighted by Crippen LogP contribution is 2.31. The molecule has 0 bridgehead atoms. The van der Waals surface area contributed by atoms with Crippen LogP contribution in [0.3, 0.4) is 0 Å². The largest absolute Gasteiger partial charge is 0.476 e. The number of hydrogen-bond acceptors (Lipinski definition) is 5. The van der Waals surface area contributed by atoms with Crippen molar-refractivity contribution in [2.24, 2.45) is 0 Å². The summed E-state index contributed by atoms with van der Waals surface area (Å²) in [5, 5.41) is 11.2. The summed E-state index contributed by atoms with van der Waals surface area (Å²) in [6.07, 6.45) is 0.